The molecule has 0 aromatic heterocycles. The minimum Gasteiger partial charge on any atom is -0.480 e. The predicted molar refractivity (Wildman–Crippen MR) is 75.6 cm³/mol. The van der Waals surface area contributed by atoms with E-state index in [1.165, 1.54) is 0 Å². The number of rotatable bonds is 4. The summed E-state index contributed by atoms with van der Waals surface area (Å²) < 4.78 is 24.2. The molecule has 0 bridgehead atoms. The maximum Gasteiger partial charge on any atom is 0.325 e. The van der Waals surface area contributed by atoms with E-state index in [0.29, 0.717) is 18.7 Å². The minimum absolute atomic E-state index is 0.00452. The maximum atomic E-state index is 12.1. The Morgan fingerprint density at radius 2 is 2.10 bits per heavy atom. The van der Waals surface area contributed by atoms with Crippen LogP contribution in [0.3, 0.4) is 0 Å². The number of anilines is 1. The molecule has 3 N–H and O–H groups in total. The van der Waals surface area contributed by atoms with Gasteiger partial charge in [-0.05, 0) is 18.6 Å². The molecule has 1 aromatic carbocycles. The van der Waals surface area contributed by atoms with Crippen LogP contribution in [0.1, 0.15) is 13.3 Å². The van der Waals surface area contributed by atoms with Gasteiger partial charge in [-0.3, -0.25) is 4.79 Å². The van der Waals surface area contributed by atoms with Crippen molar-refractivity contribution in [1.82, 2.24) is 0 Å². The van der Waals surface area contributed by atoms with Gasteiger partial charge in [-0.15, -0.1) is 0 Å². The molecule has 2 rings (SSSR count). The Morgan fingerprint density at radius 1 is 1.45 bits per heavy atom. The molecule has 1 aliphatic heterocycles. The molecular weight excluding hydrogens is 280 g/mol. The topological polar surface area (TPSA) is 101 Å². The van der Waals surface area contributed by atoms with Gasteiger partial charge < -0.3 is 15.7 Å². The Kier molecular flexibility index (Phi) is 3.75. The van der Waals surface area contributed by atoms with Crippen LogP contribution in [0.5, 0.6) is 0 Å². The van der Waals surface area contributed by atoms with Gasteiger partial charge in [-0.2, -0.15) is 0 Å². The third-order valence-corrected chi connectivity index (χ3v) is 5.42. The summed E-state index contributed by atoms with van der Waals surface area (Å²) in [6.07, 6.45) is 0.294. The fourth-order valence-electron chi connectivity index (χ4n) is 2.35. The summed E-state index contributed by atoms with van der Waals surface area (Å²) >= 11 is 0. The van der Waals surface area contributed by atoms with Crippen LogP contribution in [0.15, 0.2) is 29.2 Å². The molecule has 0 aliphatic carbocycles. The third kappa shape index (κ3) is 2.51. The second-order valence-corrected chi connectivity index (χ2v) is 7.25. The summed E-state index contributed by atoms with van der Waals surface area (Å²) in [5.41, 5.74) is 5.04. The number of nitrogens with zero attached hydrogens (tertiary/aromatic N) is 1. The largest absolute Gasteiger partial charge is 0.480 e. The van der Waals surface area contributed by atoms with Crippen molar-refractivity contribution in [3.63, 3.8) is 0 Å². The zero-order valence-electron chi connectivity index (χ0n) is 11.2. The van der Waals surface area contributed by atoms with Gasteiger partial charge in [0, 0.05) is 13.1 Å². The number of benzene rings is 1. The summed E-state index contributed by atoms with van der Waals surface area (Å²) in [5.74, 6) is -1.05. The second kappa shape index (κ2) is 5.06. The fourth-order valence-corrected chi connectivity index (χ4v) is 3.46. The van der Waals surface area contributed by atoms with E-state index in [0.717, 1.165) is 0 Å². The summed E-state index contributed by atoms with van der Waals surface area (Å²) in [6.45, 7) is 2.12. The molecule has 0 radical (unpaired) electrons. The van der Waals surface area contributed by atoms with Crippen LogP contribution >= 0.6 is 0 Å². The number of sulfone groups is 1. The highest BCUT2D eigenvalue weighted by molar-refractivity contribution is 7.91. The number of para-hydroxylation sites is 1. The summed E-state index contributed by atoms with van der Waals surface area (Å²) in [6, 6.07) is 6.64. The first-order chi connectivity index (χ1) is 9.30. The molecule has 20 heavy (non-hydrogen) atoms. The van der Waals surface area contributed by atoms with Gasteiger partial charge >= 0.3 is 5.97 Å². The SMILES string of the molecule is CCS(=O)(=O)c1ccccc1N1CCC(N)(C(=O)O)C1. The second-order valence-electron chi connectivity index (χ2n) is 5.00. The van der Waals surface area contributed by atoms with E-state index in [1.807, 2.05) is 0 Å². The van der Waals surface area contributed by atoms with E-state index in [-0.39, 0.29) is 17.2 Å². The van der Waals surface area contributed by atoms with Gasteiger partial charge in [0.25, 0.3) is 0 Å². The number of carboxylic acid groups (broad SMARTS) is 1. The Labute approximate surface area is 118 Å². The molecular formula is C13H18N2O4S. The molecule has 1 heterocycles. The van der Waals surface area contributed by atoms with Gasteiger partial charge in [0.2, 0.25) is 0 Å². The van der Waals surface area contributed by atoms with Gasteiger partial charge in [-0.25, -0.2) is 8.42 Å². The molecule has 1 saturated heterocycles. The third-order valence-electron chi connectivity index (χ3n) is 3.65. The number of carboxylic acids is 1. The monoisotopic (exact) mass is 298 g/mol. The molecule has 0 spiro atoms. The van der Waals surface area contributed by atoms with Crippen molar-refractivity contribution in [3.05, 3.63) is 24.3 Å². The first kappa shape index (κ1) is 14.8. The molecule has 0 amide bonds. The molecule has 1 fully saturated rings. The first-order valence-electron chi connectivity index (χ1n) is 6.39. The Hall–Kier alpha value is -1.60. The molecule has 1 atom stereocenters. The zero-order valence-corrected chi connectivity index (χ0v) is 12.1. The Morgan fingerprint density at radius 3 is 2.65 bits per heavy atom. The van der Waals surface area contributed by atoms with Gasteiger partial charge in [0.15, 0.2) is 9.84 Å². The van der Waals surface area contributed by atoms with E-state index in [4.69, 9.17) is 10.8 Å². The lowest BCUT2D eigenvalue weighted by Gasteiger charge is -2.23. The van der Waals surface area contributed by atoms with E-state index in [9.17, 15) is 13.2 Å². The number of carbonyl (C=O) groups is 1. The van der Waals surface area contributed by atoms with Crippen LogP contribution in [0.2, 0.25) is 0 Å². The van der Waals surface area contributed by atoms with Crippen molar-refractivity contribution in [1.29, 1.82) is 0 Å². The van der Waals surface area contributed by atoms with Crippen LogP contribution in [0.25, 0.3) is 0 Å². The van der Waals surface area contributed by atoms with Gasteiger partial charge in [0.05, 0.1) is 16.3 Å². The predicted octanol–water partition coefficient (Wildman–Crippen LogP) is 0.472. The zero-order chi connectivity index (χ0) is 15.0. The lowest BCUT2D eigenvalue weighted by atomic mass is 10.0. The summed E-state index contributed by atoms with van der Waals surface area (Å²) in [5, 5.41) is 9.14. The van der Waals surface area contributed by atoms with Crippen molar-refractivity contribution < 1.29 is 18.3 Å². The van der Waals surface area contributed by atoms with Crippen LogP contribution in [0.4, 0.5) is 5.69 Å². The lowest BCUT2D eigenvalue weighted by molar-refractivity contribution is -0.142. The molecule has 1 unspecified atom stereocenters. The van der Waals surface area contributed by atoms with Gasteiger partial charge in [0.1, 0.15) is 5.54 Å². The average molecular weight is 298 g/mol. The lowest BCUT2D eigenvalue weighted by Crippen LogP contribution is -2.50. The number of nitrogens with two attached hydrogens (primary N) is 1. The summed E-state index contributed by atoms with van der Waals surface area (Å²) in [7, 11) is -3.35. The van der Waals surface area contributed by atoms with Gasteiger partial charge in [-0.1, -0.05) is 19.1 Å². The van der Waals surface area contributed by atoms with Crippen molar-refractivity contribution in [2.45, 2.75) is 23.8 Å². The highest BCUT2D eigenvalue weighted by atomic mass is 32.2. The Balaban J connectivity index is 2.39. The van der Waals surface area contributed by atoms with Crippen LogP contribution in [-0.4, -0.2) is 43.9 Å². The normalized spacial score (nSPS) is 23.0. The molecule has 7 heteroatoms. The Bertz CT molecular complexity index is 629. The highest BCUT2D eigenvalue weighted by Crippen LogP contribution is 2.31. The van der Waals surface area contributed by atoms with Crippen LogP contribution in [0, 0.1) is 0 Å². The van der Waals surface area contributed by atoms with Crippen molar-refractivity contribution in [3.8, 4) is 0 Å². The molecule has 6 nitrogen and oxygen atoms in total. The van der Waals surface area contributed by atoms with E-state index >= 15 is 0 Å². The van der Waals surface area contributed by atoms with Crippen LogP contribution in [-0.2, 0) is 14.6 Å². The van der Waals surface area contributed by atoms with Crippen molar-refractivity contribution >= 4 is 21.5 Å². The average Bonchev–Trinajstić information content (AvgIpc) is 2.83. The number of aliphatic carboxylic acids is 1. The smallest absolute Gasteiger partial charge is 0.325 e. The molecule has 0 saturated carbocycles. The molecule has 110 valence electrons. The van der Waals surface area contributed by atoms with Crippen molar-refractivity contribution in [2.24, 2.45) is 5.73 Å². The maximum absolute atomic E-state index is 12.1. The fraction of sp³-hybridized carbons (Fsp3) is 0.462. The number of hydrogen-bond donors (Lipinski definition) is 2. The van der Waals surface area contributed by atoms with E-state index < -0.39 is 21.3 Å². The number of hydrogen-bond acceptors (Lipinski definition) is 5. The molecule has 1 aromatic rings. The summed E-state index contributed by atoms with van der Waals surface area (Å²) in [4.78, 5) is 13.1. The quantitative estimate of drug-likeness (QED) is 0.838. The van der Waals surface area contributed by atoms with E-state index in [2.05, 4.69) is 0 Å². The van der Waals surface area contributed by atoms with Crippen molar-refractivity contribution in [2.75, 3.05) is 23.7 Å². The van der Waals surface area contributed by atoms with E-state index in [1.54, 1.807) is 36.1 Å². The van der Waals surface area contributed by atoms with Crippen LogP contribution < -0.4 is 10.6 Å². The standard InChI is InChI=1S/C13H18N2O4S/c1-2-20(18,19)11-6-4-3-5-10(11)15-8-7-13(14,9-15)12(16)17/h3-6H,2,7-9,14H2,1H3,(H,16,17). The molecule has 1 aliphatic rings. The highest BCUT2D eigenvalue weighted by Gasteiger charge is 2.42. The first-order valence-corrected chi connectivity index (χ1v) is 8.04. The minimum atomic E-state index is -3.35.